The Morgan fingerprint density at radius 1 is 1.56 bits per heavy atom. The van der Waals surface area contributed by atoms with Crippen molar-refractivity contribution in [2.75, 3.05) is 11.4 Å². The molecule has 82 valence electrons. The molecule has 3 nitrogen and oxygen atoms in total. The molecule has 0 aromatic heterocycles. The Labute approximate surface area is 99.2 Å². The van der Waals surface area contributed by atoms with E-state index in [2.05, 4.69) is 6.07 Å². The minimum Gasteiger partial charge on any atom is -0.311 e. The molecule has 1 aliphatic heterocycles. The van der Waals surface area contributed by atoms with Crippen molar-refractivity contribution in [3.8, 4) is 6.07 Å². The highest BCUT2D eigenvalue weighted by atomic mass is 35.5. The van der Waals surface area contributed by atoms with Crippen LogP contribution < -0.4 is 4.90 Å². The molecule has 1 aromatic rings. The number of nitriles is 1. The number of nitrogens with zero attached hydrogens (tertiary/aromatic N) is 2. The van der Waals surface area contributed by atoms with E-state index >= 15 is 0 Å². The predicted octanol–water partition coefficient (Wildman–Crippen LogP) is 2.52. The fourth-order valence-electron chi connectivity index (χ4n) is 1.90. The number of carbonyl (C=O) groups is 1. The van der Waals surface area contributed by atoms with Crippen molar-refractivity contribution in [1.29, 1.82) is 5.26 Å². The number of hydrogen-bond donors (Lipinski definition) is 0. The first-order valence-electron chi connectivity index (χ1n) is 5.08. The minimum atomic E-state index is -0.203. The average Bonchev–Trinajstić information content (AvgIpc) is 2.63. The van der Waals surface area contributed by atoms with Crippen LogP contribution in [0, 0.1) is 24.2 Å². The summed E-state index contributed by atoms with van der Waals surface area (Å²) in [7, 11) is 0. The van der Waals surface area contributed by atoms with Gasteiger partial charge in [-0.1, -0.05) is 17.7 Å². The first-order chi connectivity index (χ1) is 7.61. The van der Waals surface area contributed by atoms with Gasteiger partial charge in [0.1, 0.15) is 0 Å². The highest BCUT2D eigenvalue weighted by molar-refractivity contribution is 6.31. The fourth-order valence-corrected chi connectivity index (χ4v) is 2.07. The van der Waals surface area contributed by atoms with E-state index < -0.39 is 0 Å². The summed E-state index contributed by atoms with van der Waals surface area (Å²) in [5.41, 5.74) is 1.81. The third-order valence-electron chi connectivity index (χ3n) is 2.77. The van der Waals surface area contributed by atoms with Gasteiger partial charge in [0.2, 0.25) is 5.91 Å². The van der Waals surface area contributed by atoms with E-state index in [1.807, 2.05) is 13.0 Å². The van der Waals surface area contributed by atoms with Crippen LogP contribution in [0.4, 0.5) is 5.69 Å². The lowest BCUT2D eigenvalue weighted by Gasteiger charge is -2.18. The molecular formula is C12H11ClN2O. The quantitative estimate of drug-likeness (QED) is 0.750. The van der Waals surface area contributed by atoms with E-state index in [0.29, 0.717) is 18.0 Å². The van der Waals surface area contributed by atoms with Gasteiger partial charge in [0.15, 0.2) is 0 Å². The SMILES string of the molecule is Cc1ccc(Cl)cc1N1CC(C#N)CC1=O. The number of aryl methyl sites for hydroxylation is 1. The van der Waals surface area contributed by atoms with E-state index in [-0.39, 0.29) is 11.8 Å². The summed E-state index contributed by atoms with van der Waals surface area (Å²) in [5.74, 6) is -0.206. The van der Waals surface area contributed by atoms with Crippen molar-refractivity contribution in [3.05, 3.63) is 28.8 Å². The molecule has 0 spiro atoms. The van der Waals surface area contributed by atoms with E-state index in [4.69, 9.17) is 16.9 Å². The zero-order valence-electron chi connectivity index (χ0n) is 8.90. The standard InChI is InChI=1S/C12H11ClN2O/c1-8-2-3-10(13)5-11(8)15-7-9(6-14)4-12(15)16/h2-3,5,9H,4,7H2,1H3. The van der Waals surface area contributed by atoms with Gasteiger partial charge in [0, 0.05) is 23.7 Å². The minimum absolute atomic E-state index is 0.00285. The molecule has 0 saturated carbocycles. The van der Waals surface area contributed by atoms with Gasteiger partial charge in [0.25, 0.3) is 0 Å². The molecule has 0 N–H and O–H groups in total. The summed E-state index contributed by atoms with van der Waals surface area (Å²) in [4.78, 5) is 13.4. The van der Waals surface area contributed by atoms with Gasteiger partial charge in [0.05, 0.1) is 12.0 Å². The number of benzene rings is 1. The van der Waals surface area contributed by atoms with Crippen molar-refractivity contribution in [1.82, 2.24) is 0 Å². The lowest BCUT2D eigenvalue weighted by Crippen LogP contribution is -2.25. The molecule has 0 bridgehead atoms. The highest BCUT2D eigenvalue weighted by Gasteiger charge is 2.31. The number of carbonyl (C=O) groups excluding carboxylic acids is 1. The Kier molecular flexibility index (Phi) is 2.84. The molecule has 0 aliphatic carbocycles. The van der Waals surface area contributed by atoms with Crippen LogP contribution in [0.15, 0.2) is 18.2 Å². The first kappa shape index (κ1) is 11.0. The summed E-state index contributed by atoms with van der Waals surface area (Å²) in [6.45, 7) is 2.40. The van der Waals surface area contributed by atoms with Gasteiger partial charge in [-0.2, -0.15) is 5.26 Å². The summed E-state index contributed by atoms with van der Waals surface area (Å²) in [6, 6.07) is 7.58. The van der Waals surface area contributed by atoms with Crippen LogP contribution >= 0.6 is 11.6 Å². The topological polar surface area (TPSA) is 44.1 Å². The van der Waals surface area contributed by atoms with Crippen LogP contribution in [0.3, 0.4) is 0 Å². The van der Waals surface area contributed by atoms with E-state index in [1.165, 1.54) is 0 Å². The molecule has 1 saturated heterocycles. The van der Waals surface area contributed by atoms with Crippen molar-refractivity contribution in [3.63, 3.8) is 0 Å². The van der Waals surface area contributed by atoms with Crippen molar-refractivity contribution in [2.45, 2.75) is 13.3 Å². The average molecular weight is 235 g/mol. The summed E-state index contributed by atoms with van der Waals surface area (Å²) >= 11 is 5.91. The molecule has 1 heterocycles. The Morgan fingerprint density at radius 3 is 2.94 bits per heavy atom. The maximum Gasteiger partial charge on any atom is 0.228 e. The maximum atomic E-state index is 11.7. The maximum absolute atomic E-state index is 11.7. The highest BCUT2D eigenvalue weighted by Crippen LogP contribution is 2.29. The Balaban J connectivity index is 2.35. The second kappa shape index (κ2) is 4.15. The van der Waals surface area contributed by atoms with Gasteiger partial charge in [-0.3, -0.25) is 4.79 Å². The summed E-state index contributed by atoms with van der Waals surface area (Å²) in [6.07, 6.45) is 0.308. The number of anilines is 1. The summed E-state index contributed by atoms with van der Waals surface area (Å²) in [5, 5.41) is 9.42. The smallest absolute Gasteiger partial charge is 0.228 e. The van der Waals surface area contributed by atoms with E-state index in [0.717, 1.165) is 11.3 Å². The Hall–Kier alpha value is -1.53. The van der Waals surface area contributed by atoms with Gasteiger partial charge in [-0.15, -0.1) is 0 Å². The van der Waals surface area contributed by atoms with E-state index in [9.17, 15) is 4.79 Å². The summed E-state index contributed by atoms with van der Waals surface area (Å²) < 4.78 is 0. The first-order valence-corrected chi connectivity index (χ1v) is 5.45. The van der Waals surface area contributed by atoms with E-state index in [1.54, 1.807) is 17.0 Å². The molecule has 2 rings (SSSR count). The number of amides is 1. The van der Waals surface area contributed by atoms with Crippen molar-refractivity contribution in [2.24, 2.45) is 5.92 Å². The normalized spacial score (nSPS) is 19.9. The largest absolute Gasteiger partial charge is 0.311 e. The molecule has 1 aliphatic rings. The van der Waals surface area contributed by atoms with Crippen molar-refractivity contribution >= 4 is 23.2 Å². The van der Waals surface area contributed by atoms with Crippen LogP contribution in [0.5, 0.6) is 0 Å². The molecule has 1 atom stereocenters. The molecule has 1 amide bonds. The van der Waals surface area contributed by atoms with Gasteiger partial charge in [-0.25, -0.2) is 0 Å². The van der Waals surface area contributed by atoms with Gasteiger partial charge in [-0.05, 0) is 24.6 Å². The van der Waals surface area contributed by atoms with Gasteiger partial charge >= 0.3 is 0 Å². The fraction of sp³-hybridized carbons (Fsp3) is 0.333. The third kappa shape index (κ3) is 1.89. The second-order valence-electron chi connectivity index (χ2n) is 3.97. The van der Waals surface area contributed by atoms with Crippen molar-refractivity contribution < 1.29 is 4.79 Å². The molecule has 0 radical (unpaired) electrons. The number of halogens is 1. The van der Waals surface area contributed by atoms with Gasteiger partial charge < -0.3 is 4.90 Å². The second-order valence-corrected chi connectivity index (χ2v) is 4.40. The zero-order valence-corrected chi connectivity index (χ0v) is 9.66. The third-order valence-corrected chi connectivity index (χ3v) is 3.00. The Morgan fingerprint density at radius 2 is 2.31 bits per heavy atom. The zero-order chi connectivity index (χ0) is 11.7. The van der Waals surface area contributed by atoms with Crippen LogP contribution in [0.2, 0.25) is 5.02 Å². The molecule has 1 aromatic carbocycles. The molecule has 16 heavy (non-hydrogen) atoms. The van der Waals surface area contributed by atoms with Crippen LogP contribution in [-0.4, -0.2) is 12.5 Å². The molecular weight excluding hydrogens is 224 g/mol. The number of rotatable bonds is 1. The lowest BCUT2D eigenvalue weighted by molar-refractivity contribution is -0.117. The van der Waals surface area contributed by atoms with Crippen LogP contribution in [0.25, 0.3) is 0 Å². The van der Waals surface area contributed by atoms with Crippen LogP contribution in [0.1, 0.15) is 12.0 Å². The molecule has 4 heteroatoms. The monoisotopic (exact) mass is 234 g/mol. The lowest BCUT2D eigenvalue weighted by atomic mass is 10.1. The molecule has 1 unspecified atom stereocenters. The Bertz CT molecular complexity index is 478. The predicted molar refractivity (Wildman–Crippen MR) is 62.3 cm³/mol. The van der Waals surface area contributed by atoms with Crippen LogP contribution in [-0.2, 0) is 4.79 Å². The number of hydrogen-bond acceptors (Lipinski definition) is 2. The molecule has 1 fully saturated rings.